The van der Waals surface area contributed by atoms with E-state index in [2.05, 4.69) is 0 Å². The maximum atomic E-state index is 13.2. The molecular formula is C22H24F2O5. The number of carbonyl (C=O) groups is 1. The van der Waals surface area contributed by atoms with E-state index in [0.717, 1.165) is 26.1 Å². The van der Waals surface area contributed by atoms with E-state index >= 15 is 0 Å². The summed E-state index contributed by atoms with van der Waals surface area (Å²) < 4.78 is 48.7. The smallest absolute Gasteiger partial charge is 0.267 e. The summed E-state index contributed by atoms with van der Waals surface area (Å²) in [6, 6.07) is 10.6. The van der Waals surface area contributed by atoms with Crippen molar-refractivity contribution in [1.29, 1.82) is 0 Å². The first-order valence-electron chi connectivity index (χ1n) is 9.56. The Labute approximate surface area is 168 Å². The van der Waals surface area contributed by atoms with E-state index < -0.39 is 6.43 Å². The van der Waals surface area contributed by atoms with Gasteiger partial charge in [-0.25, -0.2) is 8.78 Å². The lowest BCUT2D eigenvalue weighted by molar-refractivity contribution is -0.0388. The van der Waals surface area contributed by atoms with Gasteiger partial charge in [-0.05, 0) is 56.2 Å². The lowest BCUT2D eigenvalue weighted by Gasteiger charge is -2.22. The third-order valence-corrected chi connectivity index (χ3v) is 4.58. The van der Waals surface area contributed by atoms with Crippen LogP contribution in [0.15, 0.2) is 42.5 Å². The standard InChI is InChI=1S/C22H24F2O5/c1-15(25)16-2-7-20(22(23)24)21(14-16)29-19-5-3-17(4-6-19)27-12-13-28-18-8-10-26-11-9-18/h2-7,14,18,22H,8-13H2,1H3. The molecule has 7 heteroatoms. The fourth-order valence-electron chi connectivity index (χ4n) is 2.97. The molecule has 0 saturated carbocycles. The van der Waals surface area contributed by atoms with Crippen LogP contribution in [0.2, 0.25) is 0 Å². The Morgan fingerprint density at radius 2 is 1.76 bits per heavy atom. The summed E-state index contributed by atoms with van der Waals surface area (Å²) in [5.74, 6) is 0.742. The molecule has 1 heterocycles. The van der Waals surface area contributed by atoms with Gasteiger partial charge in [0, 0.05) is 18.8 Å². The molecule has 1 aliphatic heterocycles. The number of Topliss-reactive ketones (excluding diaryl/α,β-unsaturated/α-hetero) is 1. The molecule has 0 N–H and O–H groups in total. The highest BCUT2D eigenvalue weighted by molar-refractivity contribution is 5.94. The average molecular weight is 406 g/mol. The van der Waals surface area contributed by atoms with Gasteiger partial charge in [-0.3, -0.25) is 4.79 Å². The number of rotatable bonds is 9. The van der Waals surface area contributed by atoms with Crippen LogP contribution in [0.5, 0.6) is 17.2 Å². The van der Waals surface area contributed by atoms with Gasteiger partial charge in [0.1, 0.15) is 23.9 Å². The quantitative estimate of drug-likeness (QED) is 0.424. The summed E-state index contributed by atoms with van der Waals surface area (Å²) in [6.07, 6.45) is -0.683. The van der Waals surface area contributed by atoms with Crippen LogP contribution >= 0.6 is 0 Å². The molecule has 2 aromatic rings. The summed E-state index contributed by atoms with van der Waals surface area (Å²) in [5, 5.41) is 0. The average Bonchev–Trinajstić information content (AvgIpc) is 2.73. The molecule has 0 aromatic heterocycles. The van der Waals surface area contributed by atoms with Crippen molar-refractivity contribution in [1.82, 2.24) is 0 Å². The molecule has 5 nitrogen and oxygen atoms in total. The Bertz CT molecular complexity index is 801. The first-order valence-corrected chi connectivity index (χ1v) is 9.56. The fraction of sp³-hybridized carbons (Fsp3) is 0.409. The van der Waals surface area contributed by atoms with Gasteiger partial charge < -0.3 is 18.9 Å². The molecule has 0 bridgehead atoms. The van der Waals surface area contributed by atoms with Gasteiger partial charge in [0.2, 0.25) is 0 Å². The van der Waals surface area contributed by atoms with Crippen molar-refractivity contribution in [2.75, 3.05) is 26.4 Å². The Morgan fingerprint density at radius 1 is 1.07 bits per heavy atom. The number of alkyl halides is 2. The van der Waals surface area contributed by atoms with Crippen molar-refractivity contribution in [2.45, 2.75) is 32.3 Å². The molecule has 1 aliphatic rings. The van der Waals surface area contributed by atoms with Gasteiger partial charge in [-0.15, -0.1) is 0 Å². The minimum atomic E-state index is -2.70. The van der Waals surface area contributed by atoms with E-state index in [9.17, 15) is 13.6 Å². The van der Waals surface area contributed by atoms with Crippen molar-refractivity contribution in [3.8, 4) is 17.2 Å². The van der Waals surface area contributed by atoms with E-state index in [1.54, 1.807) is 24.3 Å². The predicted molar refractivity (Wildman–Crippen MR) is 103 cm³/mol. The molecule has 0 radical (unpaired) electrons. The normalized spacial score (nSPS) is 14.8. The van der Waals surface area contributed by atoms with Crippen LogP contribution < -0.4 is 9.47 Å². The molecule has 0 amide bonds. The van der Waals surface area contributed by atoms with Gasteiger partial charge in [0.25, 0.3) is 6.43 Å². The molecule has 0 spiro atoms. The molecule has 1 saturated heterocycles. The number of hydrogen-bond donors (Lipinski definition) is 0. The SMILES string of the molecule is CC(=O)c1ccc(C(F)F)c(Oc2ccc(OCCOC3CCOCC3)cc2)c1. The molecule has 0 unspecified atom stereocenters. The van der Waals surface area contributed by atoms with Gasteiger partial charge in [-0.1, -0.05) is 6.07 Å². The van der Waals surface area contributed by atoms with Crippen LogP contribution in [0.4, 0.5) is 8.78 Å². The molecule has 0 atom stereocenters. The minimum absolute atomic E-state index is 0.0359. The topological polar surface area (TPSA) is 54.0 Å². The zero-order chi connectivity index (χ0) is 20.6. The van der Waals surface area contributed by atoms with Gasteiger partial charge in [0.15, 0.2) is 5.78 Å². The van der Waals surface area contributed by atoms with E-state index in [-0.39, 0.29) is 23.2 Å². The highest BCUT2D eigenvalue weighted by Crippen LogP contribution is 2.34. The Hall–Kier alpha value is -2.51. The van der Waals surface area contributed by atoms with Crippen LogP contribution in [-0.4, -0.2) is 38.3 Å². The fourth-order valence-corrected chi connectivity index (χ4v) is 2.97. The zero-order valence-corrected chi connectivity index (χ0v) is 16.2. The number of hydrogen-bond acceptors (Lipinski definition) is 5. The summed E-state index contributed by atoms with van der Waals surface area (Å²) in [4.78, 5) is 11.5. The summed E-state index contributed by atoms with van der Waals surface area (Å²) in [6.45, 7) is 3.73. The zero-order valence-electron chi connectivity index (χ0n) is 16.2. The lowest BCUT2D eigenvalue weighted by atomic mass is 10.1. The van der Waals surface area contributed by atoms with Crippen molar-refractivity contribution in [2.24, 2.45) is 0 Å². The van der Waals surface area contributed by atoms with E-state index in [4.69, 9.17) is 18.9 Å². The highest BCUT2D eigenvalue weighted by Gasteiger charge is 2.17. The summed E-state index contributed by atoms with van der Waals surface area (Å²) >= 11 is 0. The minimum Gasteiger partial charge on any atom is -0.491 e. The predicted octanol–water partition coefficient (Wildman–Crippen LogP) is 5.19. The molecule has 3 rings (SSSR count). The molecule has 1 fully saturated rings. The Kier molecular flexibility index (Phi) is 7.55. The van der Waals surface area contributed by atoms with Gasteiger partial charge in [0.05, 0.1) is 18.3 Å². The second kappa shape index (κ2) is 10.3. The van der Waals surface area contributed by atoms with Crippen LogP contribution in [0.25, 0.3) is 0 Å². The van der Waals surface area contributed by atoms with Crippen LogP contribution in [0.3, 0.4) is 0 Å². The third-order valence-electron chi connectivity index (χ3n) is 4.58. The van der Waals surface area contributed by atoms with Gasteiger partial charge in [-0.2, -0.15) is 0 Å². The van der Waals surface area contributed by atoms with E-state index in [1.807, 2.05) is 0 Å². The highest BCUT2D eigenvalue weighted by atomic mass is 19.3. The molecule has 156 valence electrons. The van der Waals surface area contributed by atoms with E-state index in [0.29, 0.717) is 30.3 Å². The maximum absolute atomic E-state index is 13.2. The van der Waals surface area contributed by atoms with Crippen molar-refractivity contribution < 1.29 is 32.5 Å². The first kappa shape index (κ1) is 21.2. The van der Waals surface area contributed by atoms with Crippen LogP contribution in [0.1, 0.15) is 42.1 Å². The van der Waals surface area contributed by atoms with Crippen molar-refractivity contribution in [3.05, 3.63) is 53.6 Å². The van der Waals surface area contributed by atoms with Crippen LogP contribution in [-0.2, 0) is 9.47 Å². The van der Waals surface area contributed by atoms with Crippen LogP contribution in [0, 0.1) is 0 Å². The maximum Gasteiger partial charge on any atom is 0.267 e. The number of halogens is 2. The van der Waals surface area contributed by atoms with Gasteiger partial charge >= 0.3 is 0 Å². The second-order valence-corrected chi connectivity index (χ2v) is 6.71. The summed E-state index contributed by atoms with van der Waals surface area (Å²) in [7, 11) is 0. The van der Waals surface area contributed by atoms with Crippen molar-refractivity contribution in [3.63, 3.8) is 0 Å². The molecule has 29 heavy (non-hydrogen) atoms. The lowest BCUT2D eigenvalue weighted by Crippen LogP contribution is -2.25. The number of ketones is 1. The number of ether oxygens (including phenoxy) is 4. The molecule has 2 aromatic carbocycles. The van der Waals surface area contributed by atoms with E-state index in [1.165, 1.54) is 25.1 Å². The van der Waals surface area contributed by atoms with Crippen molar-refractivity contribution >= 4 is 5.78 Å². The summed E-state index contributed by atoms with van der Waals surface area (Å²) in [5.41, 5.74) is 0.0504. The number of benzene rings is 2. The monoisotopic (exact) mass is 406 g/mol. The Morgan fingerprint density at radius 3 is 2.41 bits per heavy atom. The second-order valence-electron chi connectivity index (χ2n) is 6.71. The largest absolute Gasteiger partial charge is 0.491 e. The first-order chi connectivity index (χ1) is 14.0. The molecular weight excluding hydrogens is 382 g/mol. The Balaban J connectivity index is 1.55. The molecule has 0 aliphatic carbocycles. The number of carbonyl (C=O) groups excluding carboxylic acids is 1. The third kappa shape index (κ3) is 6.24.